The second kappa shape index (κ2) is 7.56. The van der Waals surface area contributed by atoms with Crippen molar-refractivity contribution in [1.29, 1.82) is 0 Å². The molecule has 1 saturated heterocycles. The summed E-state index contributed by atoms with van der Waals surface area (Å²) < 4.78 is 28.2. The van der Waals surface area contributed by atoms with Gasteiger partial charge < -0.3 is 15.4 Å². The molecule has 1 aromatic rings. The van der Waals surface area contributed by atoms with E-state index in [9.17, 15) is 18.0 Å². The topological polar surface area (TPSA) is 133 Å². The number of aromatic nitrogens is 2. The summed E-state index contributed by atoms with van der Waals surface area (Å²) in [7, 11) is -3.11. The van der Waals surface area contributed by atoms with Gasteiger partial charge in [0.05, 0.1) is 11.5 Å². The smallest absolute Gasteiger partial charge is 0.361 e. The summed E-state index contributed by atoms with van der Waals surface area (Å²) in [6.45, 7) is 1.80. The van der Waals surface area contributed by atoms with Gasteiger partial charge in [-0.15, -0.1) is 0 Å². The van der Waals surface area contributed by atoms with Gasteiger partial charge in [-0.1, -0.05) is 6.92 Å². The Balaban J connectivity index is 1.98. The zero-order valence-corrected chi connectivity index (χ0v) is 14.2. The molecule has 24 heavy (non-hydrogen) atoms. The second-order valence-electron chi connectivity index (χ2n) is 5.51. The number of carbonyl (C=O) groups excluding carboxylic acids is 2. The molecule has 1 aliphatic rings. The quantitative estimate of drug-likeness (QED) is 0.683. The summed E-state index contributed by atoms with van der Waals surface area (Å²) >= 11 is 0. The number of nitrogens with two attached hydrogens (primary N) is 1. The summed E-state index contributed by atoms with van der Waals surface area (Å²) in [6, 6.07) is -0.372. The lowest BCUT2D eigenvalue weighted by Gasteiger charge is -2.27. The van der Waals surface area contributed by atoms with Crippen LogP contribution in [0.25, 0.3) is 0 Å². The van der Waals surface area contributed by atoms with Crippen molar-refractivity contribution in [2.24, 2.45) is 0 Å². The Labute approximate surface area is 140 Å². The Morgan fingerprint density at radius 3 is 2.67 bits per heavy atom. The molecular weight excluding hydrogens is 336 g/mol. The van der Waals surface area contributed by atoms with Crippen LogP contribution in [-0.2, 0) is 19.4 Å². The van der Waals surface area contributed by atoms with Gasteiger partial charge in [-0.25, -0.2) is 23.2 Å². The number of anilines is 1. The van der Waals surface area contributed by atoms with E-state index in [-0.39, 0.29) is 29.1 Å². The first kappa shape index (κ1) is 18.1. The predicted octanol–water partition coefficient (Wildman–Crippen LogP) is -0.359. The summed E-state index contributed by atoms with van der Waals surface area (Å²) in [5, 5.41) is 0. The number of nitrogen functional groups attached to an aromatic ring is 1. The van der Waals surface area contributed by atoms with Crippen molar-refractivity contribution in [1.82, 2.24) is 14.9 Å². The van der Waals surface area contributed by atoms with Gasteiger partial charge in [0.25, 0.3) is 5.91 Å². The third-order valence-corrected chi connectivity index (χ3v) is 5.43. The van der Waals surface area contributed by atoms with Gasteiger partial charge in [-0.3, -0.25) is 4.79 Å². The third kappa shape index (κ3) is 4.40. The highest BCUT2D eigenvalue weighted by molar-refractivity contribution is 7.91. The molecular formula is C14H20N4O5S. The number of ether oxygens (including phenoxy) is 1. The Bertz CT molecular complexity index is 722. The molecule has 9 nitrogen and oxygen atoms in total. The fourth-order valence-corrected chi connectivity index (χ4v) is 4.29. The van der Waals surface area contributed by atoms with E-state index in [1.54, 1.807) is 0 Å². The summed E-state index contributed by atoms with van der Waals surface area (Å²) in [6.07, 6.45) is 3.70. The minimum absolute atomic E-state index is 0.0518. The van der Waals surface area contributed by atoms with Crippen LogP contribution < -0.4 is 5.73 Å². The number of rotatable bonds is 6. The fourth-order valence-electron chi connectivity index (χ4n) is 2.56. The highest BCUT2D eigenvalue weighted by atomic mass is 32.2. The van der Waals surface area contributed by atoms with Crippen LogP contribution in [0.1, 0.15) is 30.3 Å². The van der Waals surface area contributed by atoms with Crippen molar-refractivity contribution < 1.29 is 22.7 Å². The number of amides is 1. The predicted molar refractivity (Wildman–Crippen MR) is 85.8 cm³/mol. The molecule has 0 radical (unpaired) electrons. The highest BCUT2D eigenvalue weighted by Crippen LogP contribution is 2.18. The molecule has 0 aromatic carbocycles. The highest BCUT2D eigenvalue weighted by Gasteiger charge is 2.34. The molecule has 0 bridgehead atoms. The van der Waals surface area contributed by atoms with Crippen molar-refractivity contribution in [3.8, 4) is 0 Å². The molecule has 1 amide bonds. The summed E-state index contributed by atoms with van der Waals surface area (Å²) in [5.74, 6) is -1.34. The van der Waals surface area contributed by atoms with Gasteiger partial charge in [0.15, 0.2) is 28.0 Å². The van der Waals surface area contributed by atoms with Crippen molar-refractivity contribution in [2.75, 3.05) is 30.4 Å². The van der Waals surface area contributed by atoms with Gasteiger partial charge >= 0.3 is 5.97 Å². The molecule has 0 saturated carbocycles. The minimum Gasteiger partial charge on any atom is -0.451 e. The lowest BCUT2D eigenvalue weighted by Crippen LogP contribution is -2.43. The molecule has 0 aliphatic carbocycles. The SMILES string of the molecule is CCCN(C(=O)COC(=O)c1nccnc1N)C1CCS(=O)(=O)C1. The average Bonchev–Trinajstić information content (AvgIpc) is 2.90. The van der Waals surface area contributed by atoms with Crippen molar-refractivity contribution in [2.45, 2.75) is 25.8 Å². The van der Waals surface area contributed by atoms with Crippen LogP contribution in [0, 0.1) is 0 Å². The average molecular weight is 356 g/mol. The van der Waals surface area contributed by atoms with Gasteiger partial charge in [0.2, 0.25) is 0 Å². The number of carbonyl (C=O) groups is 2. The maximum absolute atomic E-state index is 12.3. The summed E-state index contributed by atoms with van der Waals surface area (Å²) in [5.41, 5.74) is 5.37. The van der Waals surface area contributed by atoms with E-state index < -0.39 is 28.3 Å². The molecule has 2 heterocycles. The van der Waals surface area contributed by atoms with Gasteiger partial charge in [-0.2, -0.15) is 0 Å². The Hall–Kier alpha value is -2.23. The molecule has 132 valence electrons. The van der Waals surface area contributed by atoms with Crippen molar-refractivity contribution >= 4 is 27.5 Å². The fraction of sp³-hybridized carbons (Fsp3) is 0.571. The lowest BCUT2D eigenvalue weighted by molar-refractivity contribution is -0.136. The molecule has 1 atom stereocenters. The van der Waals surface area contributed by atoms with Crippen LogP contribution in [-0.4, -0.2) is 65.9 Å². The zero-order chi connectivity index (χ0) is 17.7. The molecule has 1 aromatic heterocycles. The van der Waals surface area contributed by atoms with Gasteiger partial charge in [0.1, 0.15) is 0 Å². The first-order valence-corrected chi connectivity index (χ1v) is 9.39. The Kier molecular flexibility index (Phi) is 5.71. The van der Waals surface area contributed by atoms with E-state index >= 15 is 0 Å². The zero-order valence-electron chi connectivity index (χ0n) is 13.3. The maximum Gasteiger partial charge on any atom is 0.361 e. The lowest BCUT2D eigenvalue weighted by atomic mass is 10.2. The molecule has 10 heteroatoms. The first-order valence-electron chi connectivity index (χ1n) is 7.57. The number of nitrogens with zero attached hydrogens (tertiary/aromatic N) is 3. The molecule has 0 spiro atoms. The van der Waals surface area contributed by atoms with Crippen LogP contribution >= 0.6 is 0 Å². The van der Waals surface area contributed by atoms with Crippen LogP contribution in [0.4, 0.5) is 5.82 Å². The van der Waals surface area contributed by atoms with E-state index in [4.69, 9.17) is 10.5 Å². The number of hydrogen-bond donors (Lipinski definition) is 1. The monoisotopic (exact) mass is 356 g/mol. The molecule has 2 N–H and O–H groups in total. The second-order valence-corrected chi connectivity index (χ2v) is 7.74. The van der Waals surface area contributed by atoms with Crippen LogP contribution in [0.5, 0.6) is 0 Å². The minimum atomic E-state index is -3.11. The van der Waals surface area contributed by atoms with E-state index in [1.165, 1.54) is 17.3 Å². The Morgan fingerprint density at radius 1 is 1.38 bits per heavy atom. The first-order chi connectivity index (χ1) is 11.3. The summed E-state index contributed by atoms with van der Waals surface area (Å²) in [4.78, 5) is 33.2. The Morgan fingerprint density at radius 2 is 2.08 bits per heavy atom. The molecule has 2 rings (SSSR count). The van der Waals surface area contributed by atoms with Crippen LogP contribution in [0.2, 0.25) is 0 Å². The molecule has 1 fully saturated rings. The van der Waals surface area contributed by atoms with E-state index in [1.807, 2.05) is 6.92 Å². The van der Waals surface area contributed by atoms with Crippen molar-refractivity contribution in [3.63, 3.8) is 0 Å². The third-order valence-electron chi connectivity index (χ3n) is 3.68. The van der Waals surface area contributed by atoms with E-state index in [0.29, 0.717) is 19.4 Å². The standard InChI is InChI=1S/C14H20N4O5S/c1-2-6-18(10-3-7-24(21,22)9-10)11(19)8-23-14(20)12-13(15)17-5-4-16-12/h4-5,10H,2-3,6-9H2,1H3,(H2,15,17). The van der Waals surface area contributed by atoms with E-state index in [0.717, 1.165) is 0 Å². The van der Waals surface area contributed by atoms with E-state index in [2.05, 4.69) is 9.97 Å². The van der Waals surface area contributed by atoms with Crippen LogP contribution in [0.3, 0.4) is 0 Å². The maximum atomic E-state index is 12.3. The largest absolute Gasteiger partial charge is 0.451 e. The van der Waals surface area contributed by atoms with Crippen molar-refractivity contribution in [3.05, 3.63) is 18.1 Å². The van der Waals surface area contributed by atoms with Crippen LogP contribution in [0.15, 0.2) is 12.4 Å². The van der Waals surface area contributed by atoms with Gasteiger partial charge in [-0.05, 0) is 12.8 Å². The molecule has 1 unspecified atom stereocenters. The number of sulfone groups is 1. The molecule has 1 aliphatic heterocycles. The normalized spacial score (nSPS) is 19.0. The number of hydrogen-bond acceptors (Lipinski definition) is 8. The number of esters is 1. The van der Waals surface area contributed by atoms with Gasteiger partial charge in [0, 0.05) is 25.0 Å².